The van der Waals surface area contributed by atoms with Gasteiger partial charge in [0, 0.05) is 27.4 Å². The van der Waals surface area contributed by atoms with Gasteiger partial charge in [-0.15, -0.1) is 0 Å². The van der Waals surface area contributed by atoms with Crippen LogP contribution in [0.4, 0.5) is 5.69 Å². The molecule has 0 aliphatic heterocycles. The van der Waals surface area contributed by atoms with E-state index in [1.165, 1.54) is 6.07 Å². The van der Waals surface area contributed by atoms with Gasteiger partial charge in [0.15, 0.2) is 0 Å². The zero-order valence-electron chi connectivity index (χ0n) is 13.9. The maximum absolute atomic E-state index is 12.3. The van der Waals surface area contributed by atoms with Gasteiger partial charge in [-0.2, -0.15) is 5.10 Å². The molecule has 5 nitrogen and oxygen atoms in total. The minimum atomic E-state index is -0.368. The smallest absolute Gasteiger partial charge is 0.267 e. The fraction of sp³-hybridized carbons (Fsp3) is 0.105. The van der Waals surface area contributed by atoms with Crippen LogP contribution in [0.25, 0.3) is 11.3 Å². The Morgan fingerprint density at radius 3 is 2.50 bits per heavy atom. The van der Waals surface area contributed by atoms with Crippen LogP contribution in [0.1, 0.15) is 5.56 Å². The third-order valence-electron chi connectivity index (χ3n) is 3.76. The minimum Gasteiger partial charge on any atom is -0.324 e. The van der Waals surface area contributed by atoms with Crippen molar-refractivity contribution in [3.63, 3.8) is 0 Å². The largest absolute Gasteiger partial charge is 0.324 e. The van der Waals surface area contributed by atoms with Crippen molar-refractivity contribution in [1.29, 1.82) is 0 Å². The number of nitrogens with zero attached hydrogens (tertiary/aromatic N) is 2. The number of carbonyl (C=O) groups is 1. The van der Waals surface area contributed by atoms with Crippen molar-refractivity contribution in [3.05, 3.63) is 80.6 Å². The topological polar surface area (TPSA) is 64.0 Å². The molecule has 0 saturated heterocycles. The summed E-state index contributed by atoms with van der Waals surface area (Å²) in [7, 11) is 0. The highest BCUT2D eigenvalue weighted by Gasteiger charge is 2.09. The number of halogens is 2. The molecule has 1 amide bonds. The second-order valence-electron chi connectivity index (χ2n) is 5.73. The normalized spacial score (nSPS) is 10.6. The average molecular weight is 388 g/mol. The number of hydrogen-bond acceptors (Lipinski definition) is 3. The number of aromatic nitrogens is 2. The second-order valence-corrected chi connectivity index (χ2v) is 6.58. The van der Waals surface area contributed by atoms with E-state index in [1.54, 1.807) is 42.5 Å². The molecule has 0 aliphatic carbocycles. The fourth-order valence-corrected chi connectivity index (χ4v) is 2.65. The van der Waals surface area contributed by atoms with Crippen molar-refractivity contribution in [2.75, 3.05) is 5.32 Å². The molecule has 0 saturated carbocycles. The first-order chi connectivity index (χ1) is 12.4. The highest BCUT2D eigenvalue weighted by Crippen LogP contribution is 2.20. The fourth-order valence-electron chi connectivity index (χ4n) is 2.34. The summed E-state index contributed by atoms with van der Waals surface area (Å²) in [6, 6.07) is 15.3. The quantitative estimate of drug-likeness (QED) is 0.730. The van der Waals surface area contributed by atoms with Crippen molar-refractivity contribution in [2.24, 2.45) is 0 Å². The van der Waals surface area contributed by atoms with Crippen molar-refractivity contribution >= 4 is 34.8 Å². The summed E-state index contributed by atoms with van der Waals surface area (Å²) in [5.41, 5.74) is 2.49. The summed E-state index contributed by atoms with van der Waals surface area (Å²) in [6.07, 6.45) is 0. The van der Waals surface area contributed by atoms with Crippen LogP contribution in [-0.4, -0.2) is 15.7 Å². The molecule has 1 heterocycles. The zero-order chi connectivity index (χ0) is 18.7. The number of anilines is 1. The van der Waals surface area contributed by atoms with Gasteiger partial charge in [0.1, 0.15) is 6.54 Å². The number of carbonyl (C=O) groups excluding carboxylic acids is 1. The van der Waals surface area contributed by atoms with E-state index in [1.807, 2.05) is 13.0 Å². The SMILES string of the molecule is Cc1ccc(NC(=O)Cn2nc(-c3ccc(Cl)cc3)ccc2=O)cc1Cl. The van der Waals surface area contributed by atoms with Crippen LogP contribution in [0.3, 0.4) is 0 Å². The Morgan fingerprint density at radius 2 is 1.81 bits per heavy atom. The molecule has 26 heavy (non-hydrogen) atoms. The maximum Gasteiger partial charge on any atom is 0.267 e. The van der Waals surface area contributed by atoms with E-state index in [0.717, 1.165) is 15.8 Å². The maximum atomic E-state index is 12.3. The lowest BCUT2D eigenvalue weighted by Gasteiger charge is -2.09. The van der Waals surface area contributed by atoms with Crippen molar-refractivity contribution < 1.29 is 4.79 Å². The second kappa shape index (κ2) is 7.72. The summed E-state index contributed by atoms with van der Waals surface area (Å²) in [6.45, 7) is 1.67. The van der Waals surface area contributed by atoms with Crippen LogP contribution in [0, 0.1) is 6.92 Å². The number of nitrogens with one attached hydrogen (secondary N) is 1. The van der Waals surface area contributed by atoms with Crippen LogP contribution < -0.4 is 10.9 Å². The molecule has 0 bridgehead atoms. The Balaban J connectivity index is 1.79. The lowest BCUT2D eigenvalue weighted by molar-refractivity contribution is -0.117. The Hall–Kier alpha value is -2.63. The van der Waals surface area contributed by atoms with Gasteiger partial charge in [0.05, 0.1) is 5.69 Å². The van der Waals surface area contributed by atoms with E-state index in [4.69, 9.17) is 23.2 Å². The molecule has 0 radical (unpaired) electrons. The number of hydrogen-bond donors (Lipinski definition) is 1. The Bertz CT molecular complexity index is 1010. The van der Waals surface area contributed by atoms with Gasteiger partial charge in [0.2, 0.25) is 5.91 Å². The molecule has 132 valence electrons. The molecule has 0 unspecified atom stereocenters. The van der Waals surface area contributed by atoms with Gasteiger partial charge in [-0.05, 0) is 42.8 Å². The van der Waals surface area contributed by atoms with Crippen LogP contribution in [-0.2, 0) is 11.3 Å². The van der Waals surface area contributed by atoms with Gasteiger partial charge in [-0.3, -0.25) is 9.59 Å². The Labute approximate surface area is 160 Å². The monoisotopic (exact) mass is 387 g/mol. The Morgan fingerprint density at radius 1 is 1.08 bits per heavy atom. The average Bonchev–Trinajstić information content (AvgIpc) is 2.61. The number of amides is 1. The van der Waals surface area contributed by atoms with Crippen LogP contribution in [0.15, 0.2) is 59.4 Å². The standard InChI is InChI=1S/C19H15Cl2N3O2/c1-12-2-7-15(10-16(12)21)22-18(25)11-24-19(26)9-8-17(23-24)13-3-5-14(20)6-4-13/h2-10H,11H2,1H3,(H,22,25). The van der Waals surface area contributed by atoms with E-state index in [2.05, 4.69) is 10.4 Å². The van der Waals surface area contributed by atoms with Gasteiger partial charge in [-0.1, -0.05) is 41.4 Å². The number of aryl methyl sites for hydroxylation is 1. The van der Waals surface area contributed by atoms with E-state index in [-0.39, 0.29) is 18.0 Å². The minimum absolute atomic E-state index is 0.203. The van der Waals surface area contributed by atoms with Gasteiger partial charge in [0.25, 0.3) is 5.56 Å². The molecular weight excluding hydrogens is 373 g/mol. The number of rotatable bonds is 4. The lowest BCUT2D eigenvalue weighted by atomic mass is 10.1. The molecule has 3 rings (SSSR count). The molecule has 0 atom stereocenters. The molecule has 1 N–H and O–H groups in total. The zero-order valence-corrected chi connectivity index (χ0v) is 15.4. The third kappa shape index (κ3) is 4.31. The molecular formula is C19H15Cl2N3O2. The predicted octanol–water partition coefficient (Wildman–Crippen LogP) is 4.16. The highest BCUT2D eigenvalue weighted by molar-refractivity contribution is 6.31. The molecule has 0 fully saturated rings. The van der Waals surface area contributed by atoms with Crippen LogP contribution >= 0.6 is 23.2 Å². The summed E-state index contributed by atoms with van der Waals surface area (Å²) >= 11 is 11.9. The lowest BCUT2D eigenvalue weighted by Crippen LogP contribution is -2.29. The van der Waals surface area contributed by atoms with Crippen molar-refractivity contribution in [1.82, 2.24) is 9.78 Å². The highest BCUT2D eigenvalue weighted by atomic mass is 35.5. The summed E-state index contributed by atoms with van der Waals surface area (Å²) in [4.78, 5) is 24.3. The predicted molar refractivity (Wildman–Crippen MR) is 104 cm³/mol. The molecule has 3 aromatic rings. The van der Waals surface area contributed by atoms with E-state index >= 15 is 0 Å². The van der Waals surface area contributed by atoms with Crippen molar-refractivity contribution in [3.8, 4) is 11.3 Å². The summed E-state index contributed by atoms with van der Waals surface area (Å²) in [5, 5.41) is 8.14. The molecule has 0 aliphatic rings. The van der Waals surface area contributed by atoms with E-state index < -0.39 is 0 Å². The van der Waals surface area contributed by atoms with Gasteiger partial charge in [-0.25, -0.2) is 4.68 Å². The Kier molecular flexibility index (Phi) is 5.40. The first-order valence-corrected chi connectivity index (χ1v) is 8.58. The third-order valence-corrected chi connectivity index (χ3v) is 4.41. The molecule has 7 heteroatoms. The van der Waals surface area contributed by atoms with E-state index in [0.29, 0.717) is 21.4 Å². The first kappa shape index (κ1) is 18.2. The molecule has 2 aromatic carbocycles. The van der Waals surface area contributed by atoms with Gasteiger partial charge >= 0.3 is 0 Å². The van der Waals surface area contributed by atoms with Crippen molar-refractivity contribution in [2.45, 2.75) is 13.5 Å². The van der Waals surface area contributed by atoms with Crippen LogP contribution in [0.5, 0.6) is 0 Å². The molecule has 1 aromatic heterocycles. The number of benzene rings is 2. The first-order valence-electron chi connectivity index (χ1n) is 7.82. The summed E-state index contributed by atoms with van der Waals surface area (Å²) in [5.74, 6) is -0.368. The van der Waals surface area contributed by atoms with E-state index in [9.17, 15) is 9.59 Å². The van der Waals surface area contributed by atoms with Gasteiger partial charge < -0.3 is 5.32 Å². The molecule has 0 spiro atoms. The summed E-state index contributed by atoms with van der Waals surface area (Å²) < 4.78 is 1.12. The van der Waals surface area contributed by atoms with Crippen LogP contribution in [0.2, 0.25) is 10.0 Å².